The van der Waals surface area contributed by atoms with Gasteiger partial charge in [0.05, 0.1) is 0 Å². The number of hydrogen-bond donors (Lipinski definition) is 0. The number of benzene rings is 2. The summed E-state index contributed by atoms with van der Waals surface area (Å²) in [5.41, 5.74) is 3.84. The zero-order chi connectivity index (χ0) is 18.8. The van der Waals surface area contributed by atoms with E-state index in [1.165, 1.54) is 11.4 Å². The minimum absolute atomic E-state index is 0.627. The predicted molar refractivity (Wildman–Crippen MR) is 117 cm³/mol. The molecular weight excluding hydrogens is 320 g/mol. The summed E-state index contributed by atoms with van der Waals surface area (Å²) in [6, 6.07) is 18.4. The molecule has 0 saturated heterocycles. The van der Waals surface area contributed by atoms with Crippen LogP contribution in [0.2, 0.25) is 11.1 Å². The van der Waals surface area contributed by atoms with Gasteiger partial charge in [0.1, 0.15) is 8.07 Å². The van der Waals surface area contributed by atoms with Crippen LogP contribution in [0.4, 0.5) is 11.4 Å². The molecule has 0 aliphatic rings. The quantitative estimate of drug-likeness (QED) is 0.717. The van der Waals surface area contributed by atoms with Crippen LogP contribution in [0.5, 0.6) is 0 Å². The molecule has 136 valence electrons. The Kier molecular flexibility index (Phi) is 5.99. The summed E-state index contributed by atoms with van der Waals surface area (Å²) in [7, 11) is 6.59. The van der Waals surface area contributed by atoms with Gasteiger partial charge in [-0.2, -0.15) is 0 Å². The van der Waals surface area contributed by atoms with Crippen LogP contribution < -0.4 is 20.2 Å². The van der Waals surface area contributed by atoms with Crippen molar-refractivity contribution in [3.8, 4) is 0 Å². The molecule has 0 amide bonds. The van der Waals surface area contributed by atoms with Crippen LogP contribution in [0.3, 0.4) is 0 Å². The van der Waals surface area contributed by atoms with Gasteiger partial charge in [0.2, 0.25) is 0 Å². The van der Waals surface area contributed by atoms with E-state index in [0.29, 0.717) is 11.1 Å². The molecule has 0 saturated carbocycles. The molecular formula is C22H34N2Si. The van der Waals surface area contributed by atoms with Crippen molar-refractivity contribution in [2.45, 2.75) is 38.8 Å². The molecule has 0 fully saturated rings. The summed E-state index contributed by atoms with van der Waals surface area (Å²) in [6.07, 6.45) is 0. The maximum atomic E-state index is 2.43. The van der Waals surface area contributed by atoms with Crippen LogP contribution in [-0.2, 0) is 0 Å². The van der Waals surface area contributed by atoms with Gasteiger partial charge in [-0.3, -0.25) is 0 Å². The fourth-order valence-electron chi connectivity index (χ4n) is 4.25. The van der Waals surface area contributed by atoms with E-state index in [4.69, 9.17) is 0 Å². The van der Waals surface area contributed by atoms with Crippen molar-refractivity contribution in [2.75, 3.05) is 38.0 Å². The Morgan fingerprint density at radius 3 is 1.28 bits per heavy atom. The lowest BCUT2D eigenvalue weighted by Gasteiger charge is -2.41. The molecule has 0 unspecified atom stereocenters. The molecule has 0 heterocycles. The molecule has 2 aromatic carbocycles. The van der Waals surface area contributed by atoms with Gasteiger partial charge in [-0.25, -0.2) is 0 Å². The van der Waals surface area contributed by atoms with Crippen molar-refractivity contribution in [1.82, 2.24) is 0 Å². The number of nitrogens with zero attached hydrogens (tertiary/aromatic N) is 2. The molecule has 0 bridgehead atoms. The Morgan fingerprint density at radius 1 is 0.640 bits per heavy atom. The molecule has 0 atom stereocenters. The van der Waals surface area contributed by atoms with Gasteiger partial charge < -0.3 is 9.80 Å². The van der Waals surface area contributed by atoms with Crippen molar-refractivity contribution < 1.29 is 0 Å². The first-order valence-corrected chi connectivity index (χ1v) is 11.4. The third-order valence-electron chi connectivity index (χ3n) is 5.50. The average Bonchev–Trinajstić information content (AvgIpc) is 2.55. The van der Waals surface area contributed by atoms with E-state index in [-0.39, 0.29) is 0 Å². The highest BCUT2D eigenvalue weighted by Crippen LogP contribution is 2.33. The van der Waals surface area contributed by atoms with E-state index in [1.807, 2.05) is 0 Å². The Bertz CT molecular complexity index is 643. The summed E-state index contributed by atoms with van der Waals surface area (Å²) >= 11 is 0. The first-order chi connectivity index (χ1) is 11.7. The van der Waals surface area contributed by atoms with Crippen LogP contribution in [-0.4, -0.2) is 36.3 Å². The molecule has 3 heteroatoms. The minimum atomic E-state index is -1.91. The van der Waals surface area contributed by atoms with Gasteiger partial charge in [0, 0.05) is 39.6 Å². The van der Waals surface area contributed by atoms with Crippen LogP contribution in [0.25, 0.3) is 0 Å². The molecule has 0 spiro atoms. The SMILES string of the molecule is CC(C)[Si](c1cccc(N(C)C)c1)(c1cccc(N(C)C)c1)C(C)C. The highest BCUT2D eigenvalue weighted by atomic mass is 28.3. The van der Waals surface area contributed by atoms with E-state index in [0.717, 1.165) is 0 Å². The lowest BCUT2D eigenvalue weighted by Crippen LogP contribution is -2.62. The monoisotopic (exact) mass is 354 g/mol. The van der Waals surface area contributed by atoms with Gasteiger partial charge in [0.25, 0.3) is 0 Å². The third kappa shape index (κ3) is 3.62. The van der Waals surface area contributed by atoms with Crippen molar-refractivity contribution in [2.24, 2.45) is 0 Å². The van der Waals surface area contributed by atoms with Crippen molar-refractivity contribution in [3.63, 3.8) is 0 Å². The second kappa shape index (κ2) is 7.65. The predicted octanol–water partition coefficient (Wildman–Crippen LogP) is 4.20. The molecule has 25 heavy (non-hydrogen) atoms. The van der Waals surface area contributed by atoms with Crippen LogP contribution >= 0.6 is 0 Å². The minimum Gasteiger partial charge on any atom is -0.378 e. The van der Waals surface area contributed by atoms with Crippen molar-refractivity contribution in [3.05, 3.63) is 48.5 Å². The summed E-state index contributed by atoms with van der Waals surface area (Å²) in [5, 5.41) is 3.08. The molecule has 0 aromatic heterocycles. The lowest BCUT2D eigenvalue weighted by atomic mass is 10.3. The normalized spacial score (nSPS) is 11.9. The Hall–Kier alpha value is -1.74. The van der Waals surface area contributed by atoms with Gasteiger partial charge >= 0.3 is 0 Å². The fraction of sp³-hybridized carbons (Fsp3) is 0.455. The van der Waals surface area contributed by atoms with E-state index in [2.05, 4.69) is 114 Å². The highest BCUT2D eigenvalue weighted by Gasteiger charge is 2.43. The fourth-order valence-corrected chi connectivity index (χ4v) is 10.1. The number of rotatable bonds is 6. The summed E-state index contributed by atoms with van der Waals surface area (Å²) in [6.45, 7) is 9.65. The standard InChI is InChI=1S/C22H34N2Si/c1-17(2)25(18(3)4,21-13-9-11-19(15-21)23(5)6)22-14-10-12-20(16-22)24(7)8/h9-18H,1-8H3. The molecule has 0 aliphatic carbocycles. The number of hydrogen-bond acceptors (Lipinski definition) is 2. The van der Waals surface area contributed by atoms with Gasteiger partial charge in [0.15, 0.2) is 0 Å². The maximum Gasteiger partial charge on any atom is 0.123 e. The molecule has 0 aliphatic heterocycles. The Balaban J connectivity index is 2.75. The summed E-state index contributed by atoms with van der Waals surface area (Å²) in [5.74, 6) is 0. The zero-order valence-corrected chi connectivity index (χ0v) is 18.2. The van der Waals surface area contributed by atoms with Crippen LogP contribution in [0, 0.1) is 0 Å². The first-order valence-electron chi connectivity index (χ1n) is 9.27. The zero-order valence-electron chi connectivity index (χ0n) is 17.2. The topological polar surface area (TPSA) is 6.48 Å². The van der Waals surface area contributed by atoms with Gasteiger partial charge in [-0.15, -0.1) is 0 Å². The van der Waals surface area contributed by atoms with E-state index < -0.39 is 8.07 Å². The molecule has 0 radical (unpaired) electrons. The molecule has 2 aromatic rings. The van der Waals surface area contributed by atoms with Crippen LogP contribution in [0.15, 0.2) is 48.5 Å². The maximum absolute atomic E-state index is 2.43. The summed E-state index contributed by atoms with van der Waals surface area (Å²) in [4.78, 5) is 4.42. The number of anilines is 2. The summed E-state index contributed by atoms with van der Waals surface area (Å²) < 4.78 is 0. The Labute approximate surface area is 155 Å². The smallest absolute Gasteiger partial charge is 0.123 e. The van der Waals surface area contributed by atoms with Crippen LogP contribution in [0.1, 0.15) is 27.7 Å². The van der Waals surface area contributed by atoms with Gasteiger partial charge in [-0.1, -0.05) is 62.3 Å². The van der Waals surface area contributed by atoms with E-state index in [9.17, 15) is 0 Å². The van der Waals surface area contributed by atoms with Crippen molar-refractivity contribution >= 4 is 29.8 Å². The third-order valence-corrected chi connectivity index (χ3v) is 11.7. The first kappa shape index (κ1) is 19.6. The lowest BCUT2D eigenvalue weighted by molar-refractivity contribution is 0.927. The molecule has 2 nitrogen and oxygen atoms in total. The molecule has 0 N–H and O–H groups in total. The second-order valence-corrected chi connectivity index (χ2v) is 13.3. The largest absolute Gasteiger partial charge is 0.378 e. The van der Waals surface area contributed by atoms with E-state index in [1.54, 1.807) is 10.4 Å². The second-order valence-electron chi connectivity index (χ2n) is 8.07. The average molecular weight is 355 g/mol. The van der Waals surface area contributed by atoms with E-state index >= 15 is 0 Å². The highest BCUT2D eigenvalue weighted by molar-refractivity contribution is 7.04. The Morgan fingerprint density at radius 2 is 1.00 bits per heavy atom. The van der Waals surface area contributed by atoms with Crippen molar-refractivity contribution in [1.29, 1.82) is 0 Å². The van der Waals surface area contributed by atoms with Gasteiger partial charge in [-0.05, 0) is 35.3 Å². The molecule has 2 rings (SSSR count).